The van der Waals surface area contributed by atoms with E-state index in [9.17, 15) is 14.4 Å². The molecule has 2 rings (SSSR count). The Morgan fingerprint density at radius 2 is 1.31 bits per heavy atom. The van der Waals surface area contributed by atoms with Crippen LogP contribution in [0.2, 0.25) is 0 Å². The predicted molar refractivity (Wildman–Crippen MR) is 113 cm³/mol. The molecule has 0 saturated carbocycles. The first-order valence-electron chi connectivity index (χ1n) is 9.87. The Bertz CT molecular complexity index is 876. The lowest BCUT2D eigenvalue weighted by atomic mass is 9.98. The fourth-order valence-electron chi connectivity index (χ4n) is 3.31. The van der Waals surface area contributed by atoms with Crippen molar-refractivity contribution in [3.05, 3.63) is 70.8 Å². The third kappa shape index (κ3) is 5.31. The molecule has 154 valence electrons. The number of ketones is 1. The van der Waals surface area contributed by atoms with Gasteiger partial charge in [-0.25, -0.2) is 4.79 Å². The molecule has 5 nitrogen and oxygen atoms in total. The molecule has 0 radical (unpaired) electrons. The van der Waals surface area contributed by atoms with Crippen LogP contribution < -0.4 is 0 Å². The fourth-order valence-corrected chi connectivity index (χ4v) is 3.31. The van der Waals surface area contributed by atoms with Gasteiger partial charge in [-0.1, -0.05) is 48.0 Å². The van der Waals surface area contributed by atoms with Crippen molar-refractivity contribution in [1.29, 1.82) is 0 Å². The molecule has 0 fully saturated rings. The van der Waals surface area contributed by atoms with E-state index in [1.807, 2.05) is 46.8 Å². The van der Waals surface area contributed by atoms with Crippen LogP contribution in [0, 0.1) is 6.92 Å². The molecule has 1 atom stereocenters. The van der Waals surface area contributed by atoms with Crippen molar-refractivity contribution in [3.63, 3.8) is 0 Å². The highest BCUT2D eigenvalue weighted by Crippen LogP contribution is 2.18. The third-order valence-electron chi connectivity index (χ3n) is 4.70. The summed E-state index contributed by atoms with van der Waals surface area (Å²) in [5.74, 6) is -1.21. The molecule has 5 heteroatoms. The normalized spacial score (nSPS) is 12.0. The van der Waals surface area contributed by atoms with Gasteiger partial charge in [0.1, 0.15) is 0 Å². The molecule has 1 unspecified atom stereocenters. The maximum Gasteiger partial charge on any atom is 0.339 e. The molecular weight excluding hydrogens is 366 g/mol. The minimum Gasteiger partial charge on any atom is -0.449 e. The van der Waals surface area contributed by atoms with Gasteiger partial charge in [0.2, 0.25) is 0 Å². The molecule has 0 bridgehead atoms. The topological polar surface area (TPSA) is 63.7 Å². The fraction of sp³-hybridized carbons (Fsp3) is 0.375. The van der Waals surface area contributed by atoms with Gasteiger partial charge >= 0.3 is 5.97 Å². The lowest BCUT2D eigenvalue weighted by molar-refractivity contribution is -0.143. The van der Waals surface area contributed by atoms with Gasteiger partial charge in [0.05, 0.1) is 5.56 Å². The van der Waals surface area contributed by atoms with E-state index < -0.39 is 12.1 Å². The van der Waals surface area contributed by atoms with Crippen molar-refractivity contribution in [2.45, 2.75) is 59.7 Å². The number of carbonyl (C=O) groups is 3. The van der Waals surface area contributed by atoms with Crippen LogP contribution in [-0.2, 0) is 9.53 Å². The van der Waals surface area contributed by atoms with Crippen LogP contribution in [0.3, 0.4) is 0 Å². The van der Waals surface area contributed by atoms with Gasteiger partial charge in [0.25, 0.3) is 5.91 Å². The van der Waals surface area contributed by atoms with E-state index in [1.54, 1.807) is 48.2 Å². The summed E-state index contributed by atoms with van der Waals surface area (Å²) in [6.45, 7) is 11.2. The minimum atomic E-state index is -0.949. The number of benzene rings is 2. The third-order valence-corrected chi connectivity index (χ3v) is 4.70. The highest BCUT2D eigenvalue weighted by atomic mass is 16.5. The molecule has 2 aromatic rings. The molecule has 0 aliphatic rings. The van der Waals surface area contributed by atoms with Crippen LogP contribution in [0.25, 0.3) is 0 Å². The van der Waals surface area contributed by atoms with E-state index in [0.29, 0.717) is 5.56 Å². The summed E-state index contributed by atoms with van der Waals surface area (Å²) in [6, 6.07) is 13.6. The van der Waals surface area contributed by atoms with E-state index in [1.165, 1.54) is 0 Å². The number of aryl methyl sites for hydroxylation is 1. The second-order valence-corrected chi connectivity index (χ2v) is 7.72. The lowest BCUT2D eigenvalue weighted by Crippen LogP contribution is -2.47. The lowest BCUT2D eigenvalue weighted by Gasteiger charge is -2.32. The summed E-state index contributed by atoms with van der Waals surface area (Å²) in [4.78, 5) is 40.1. The van der Waals surface area contributed by atoms with Gasteiger partial charge in [0.15, 0.2) is 11.9 Å². The second-order valence-electron chi connectivity index (χ2n) is 7.72. The SMILES string of the molecule is Cc1ccc(C(=O)c2ccccc2C(=O)OC(C)C(=O)N(C(C)C)C(C)C)cc1. The molecule has 0 N–H and O–H groups in total. The smallest absolute Gasteiger partial charge is 0.339 e. The van der Waals surface area contributed by atoms with Crippen molar-refractivity contribution in [2.24, 2.45) is 0 Å². The Labute approximate surface area is 172 Å². The average Bonchev–Trinajstić information content (AvgIpc) is 2.67. The van der Waals surface area contributed by atoms with Gasteiger partial charge in [0, 0.05) is 23.2 Å². The Morgan fingerprint density at radius 3 is 1.83 bits per heavy atom. The number of hydrogen-bond donors (Lipinski definition) is 0. The van der Waals surface area contributed by atoms with Gasteiger partial charge < -0.3 is 9.64 Å². The summed E-state index contributed by atoms with van der Waals surface area (Å²) in [5.41, 5.74) is 1.94. The molecular formula is C24H29NO4. The molecule has 0 heterocycles. The zero-order chi connectivity index (χ0) is 21.7. The molecule has 0 aliphatic carbocycles. The predicted octanol–water partition coefficient (Wildman–Crippen LogP) is 4.42. The van der Waals surface area contributed by atoms with Crippen molar-refractivity contribution >= 4 is 17.7 Å². The monoisotopic (exact) mass is 395 g/mol. The Balaban J connectivity index is 2.25. The zero-order valence-corrected chi connectivity index (χ0v) is 17.9. The number of rotatable bonds is 7. The summed E-state index contributed by atoms with van der Waals surface area (Å²) in [7, 11) is 0. The van der Waals surface area contributed by atoms with Crippen LogP contribution in [0.5, 0.6) is 0 Å². The van der Waals surface area contributed by atoms with Crippen LogP contribution in [0.1, 0.15) is 66.5 Å². The van der Waals surface area contributed by atoms with Crippen LogP contribution in [0.15, 0.2) is 48.5 Å². The van der Waals surface area contributed by atoms with E-state index >= 15 is 0 Å². The summed E-state index contributed by atoms with van der Waals surface area (Å²) >= 11 is 0. The first-order valence-corrected chi connectivity index (χ1v) is 9.87. The first kappa shape index (κ1) is 22.3. The molecule has 0 aliphatic heterocycles. The zero-order valence-electron chi connectivity index (χ0n) is 17.9. The number of ether oxygens (including phenoxy) is 1. The molecule has 1 amide bonds. The Kier molecular flexibility index (Phi) is 7.32. The molecule has 0 spiro atoms. The maximum atomic E-state index is 12.9. The number of carbonyl (C=O) groups excluding carboxylic acids is 3. The van der Waals surface area contributed by atoms with E-state index in [2.05, 4.69) is 0 Å². The number of amides is 1. The number of hydrogen-bond acceptors (Lipinski definition) is 4. The second kappa shape index (κ2) is 9.50. The highest BCUT2D eigenvalue weighted by Gasteiger charge is 2.29. The molecule has 0 aromatic heterocycles. The van der Waals surface area contributed by atoms with Crippen LogP contribution in [0.4, 0.5) is 0 Å². The van der Waals surface area contributed by atoms with E-state index in [4.69, 9.17) is 4.74 Å². The largest absolute Gasteiger partial charge is 0.449 e. The van der Waals surface area contributed by atoms with Crippen molar-refractivity contribution in [1.82, 2.24) is 4.90 Å². The minimum absolute atomic E-state index is 0.0148. The van der Waals surface area contributed by atoms with Gasteiger partial charge in [-0.3, -0.25) is 9.59 Å². The van der Waals surface area contributed by atoms with Crippen molar-refractivity contribution < 1.29 is 19.1 Å². The van der Waals surface area contributed by atoms with Crippen molar-refractivity contribution in [3.8, 4) is 0 Å². The average molecular weight is 395 g/mol. The van der Waals surface area contributed by atoms with Crippen LogP contribution in [-0.4, -0.2) is 40.7 Å². The summed E-state index contributed by atoms with van der Waals surface area (Å²) in [5, 5.41) is 0. The molecule has 2 aromatic carbocycles. The quantitative estimate of drug-likeness (QED) is 0.514. The van der Waals surface area contributed by atoms with E-state index in [0.717, 1.165) is 5.56 Å². The van der Waals surface area contributed by atoms with Crippen molar-refractivity contribution in [2.75, 3.05) is 0 Å². The Hall–Kier alpha value is -2.95. The number of nitrogens with zero attached hydrogens (tertiary/aromatic N) is 1. The number of esters is 1. The van der Waals surface area contributed by atoms with Gasteiger partial charge in [-0.05, 0) is 47.6 Å². The van der Waals surface area contributed by atoms with Gasteiger partial charge in [-0.2, -0.15) is 0 Å². The summed E-state index contributed by atoms with van der Waals surface area (Å²) < 4.78 is 5.44. The Morgan fingerprint density at radius 1 is 0.793 bits per heavy atom. The molecule has 0 saturated heterocycles. The van der Waals surface area contributed by atoms with Crippen LogP contribution >= 0.6 is 0 Å². The molecule has 29 heavy (non-hydrogen) atoms. The first-order chi connectivity index (χ1) is 13.6. The van der Waals surface area contributed by atoms with E-state index in [-0.39, 0.29) is 34.9 Å². The highest BCUT2D eigenvalue weighted by molar-refractivity contribution is 6.14. The van der Waals surface area contributed by atoms with Gasteiger partial charge in [-0.15, -0.1) is 0 Å². The standard InChI is InChI=1S/C24H29NO4/c1-15(2)25(16(3)4)23(27)18(6)29-24(28)21-10-8-7-9-20(21)22(26)19-13-11-17(5)12-14-19/h7-16,18H,1-6H3. The maximum absolute atomic E-state index is 12.9. The summed E-state index contributed by atoms with van der Waals surface area (Å²) in [6.07, 6.45) is -0.949.